The monoisotopic (exact) mass is 289 g/mol. The standard InChI is InChI=1S/C15H19N3O3/c1-10(2)5-8-16-12(19)6-9-18-14(20)11-4-3-7-17-13(11)15(18)21/h3-4,7,10H,5-6,8-9H2,1-2H3,(H,16,19). The first-order chi connectivity index (χ1) is 10.0. The van der Waals surface area contributed by atoms with E-state index in [0.717, 1.165) is 11.3 Å². The van der Waals surface area contributed by atoms with E-state index in [1.165, 1.54) is 6.20 Å². The molecule has 1 aromatic rings. The van der Waals surface area contributed by atoms with Crippen LogP contribution in [0.25, 0.3) is 0 Å². The van der Waals surface area contributed by atoms with Gasteiger partial charge in [0, 0.05) is 25.7 Å². The molecule has 1 aliphatic rings. The second-order valence-electron chi connectivity index (χ2n) is 5.44. The Kier molecular flexibility index (Phi) is 4.67. The molecule has 0 fully saturated rings. The summed E-state index contributed by atoms with van der Waals surface area (Å²) in [5.74, 6) is -0.434. The summed E-state index contributed by atoms with van der Waals surface area (Å²) in [7, 11) is 0. The second-order valence-corrected chi connectivity index (χ2v) is 5.44. The van der Waals surface area contributed by atoms with Gasteiger partial charge in [0.05, 0.1) is 5.56 Å². The van der Waals surface area contributed by atoms with Crippen molar-refractivity contribution in [2.24, 2.45) is 5.92 Å². The Hall–Kier alpha value is -2.24. The molecular weight excluding hydrogens is 270 g/mol. The number of amides is 3. The number of aromatic nitrogens is 1. The van der Waals surface area contributed by atoms with Gasteiger partial charge in [-0.2, -0.15) is 0 Å². The van der Waals surface area contributed by atoms with E-state index < -0.39 is 5.91 Å². The van der Waals surface area contributed by atoms with E-state index in [-0.39, 0.29) is 30.5 Å². The first kappa shape index (κ1) is 15.2. The van der Waals surface area contributed by atoms with Crippen LogP contribution in [0.3, 0.4) is 0 Å². The lowest BCUT2D eigenvalue weighted by molar-refractivity contribution is -0.121. The van der Waals surface area contributed by atoms with Gasteiger partial charge in [-0.15, -0.1) is 0 Å². The van der Waals surface area contributed by atoms with Crippen molar-refractivity contribution in [1.82, 2.24) is 15.2 Å². The predicted molar refractivity (Wildman–Crippen MR) is 76.7 cm³/mol. The van der Waals surface area contributed by atoms with E-state index in [1.807, 2.05) is 0 Å². The summed E-state index contributed by atoms with van der Waals surface area (Å²) in [5.41, 5.74) is 0.477. The normalized spacial score (nSPS) is 13.8. The van der Waals surface area contributed by atoms with Gasteiger partial charge >= 0.3 is 0 Å². The number of hydrogen-bond donors (Lipinski definition) is 1. The molecule has 2 heterocycles. The van der Waals surface area contributed by atoms with Crippen molar-refractivity contribution in [2.75, 3.05) is 13.1 Å². The minimum Gasteiger partial charge on any atom is -0.356 e. The highest BCUT2D eigenvalue weighted by molar-refractivity contribution is 6.20. The van der Waals surface area contributed by atoms with Gasteiger partial charge in [-0.25, -0.2) is 0 Å². The quantitative estimate of drug-likeness (QED) is 0.799. The molecule has 1 N–H and O–H groups in total. The van der Waals surface area contributed by atoms with E-state index in [9.17, 15) is 14.4 Å². The molecule has 0 saturated heterocycles. The number of carbonyl (C=O) groups is 3. The highest BCUT2D eigenvalue weighted by Crippen LogP contribution is 2.20. The predicted octanol–water partition coefficient (Wildman–Crippen LogP) is 1.23. The van der Waals surface area contributed by atoms with Crippen LogP contribution in [-0.4, -0.2) is 40.7 Å². The molecular formula is C15H19N3O3. The number of nitrogens with one attached hydrogen (secondary N) is 1. The van der Waals surface area contributed by atoms with Crippen molar-refractivity contribution < 1.29 is 14.4 Å². The zero-order valence-electron chi connectivity index (χ0n) is 12.3. The Bertz CT molecular complexity index is 534. The number of carbonyl (C=O) groups excluding carboxylic acids is 3. The van der Waals surface area contributed by atoms with Gasteiger partial charge in [-0.05, 0) is 24.5 Å². The molecule has 1 aromatic heterocycles. The van der Waals surface area contributed by atoms with Crippen LogP contribution < -0.4 is 5.32 Å². The van der Waals surface area contributed by atoms with Gasteiger partial charge < -0.3 is 5.32 Å². The van der Waals surface area contributed by atoms with Gasteiger partial charge in [-0.1, -0.05) is 13.8 Å². The molecule has 0 unspecified atom stereocenters. The van der Waals surface area contributed by atoms with Crippen LogP contribution in [0.5, 0.6) is 0 Å². The first-order valence-electron chi connectivity index (χ1n) is 7.08. The molecule has 0 spiro atoms. The lowest BCUT2D eigenvalue weighted by Crippen LogP contribution is -2.35. The zero-order chi connectivity index (χ0) is 15.4. The van der Waals surface area contributed by atoms with Crippen LogP contribution in [0.1, 0.15) is 47.5 Å². The molecule has 1 aliphatic heterocycles. The fourth-order valence-electron chi connectivity index (χ4n) is 2.12. The maximum atomic E-state index is 12.1. The highest BCUT2D eigenvalue weighted by Gasteiger charge is 2.36. The summed E-state index contributed by atoms with van der Waals surface area (Å²) in [6, 6.07) is 3.19. The summed E-state index contributed by atoms with van der Waals surface area (Å²) in [4.78, 5) is 40.8. The third-order valence-corrected chi connectivity index (χ3v) is 3.34. The lowest BCUT2D eigenvalue weighted by Gasteiger charge is -2.13. The summed E-state index contributed by atoms with van der Waals surface area (Å²) < 4.78 is 0. The molecule has 0 saturated carbocycles. The number of rotatable bonds is 6. The zero-order valence-corrected chi connectivity index (χ0v) is 12.3. The summed E-state index contributed by atoms with van der Waals surface area (Å²) in [6.07, 6.45) is 2.50. The maximum Gasteiger partial charge on any atom is 0.280 e. The third-order valence-electron chi connectivity index (χ3n) is 3.34. The van der Waals surface area contributed by atoms with Crippen LogP contribution in [0, 0.1) is 5.92 Å². The molecule has 3 amide bonds. The fourth-order valence-corrected chi connectivity index (χ4v) is 2.12. The van der Waals surface area contributed by atoms with E-state index in [1.54, 1.807) is 12.1 Å². The van der Waals surface area contributed by atoms with Crippen molar-refractivity contribution in [1.29, 1.82) is 0 Å². The van der Waals surface area contributed by atoms with Gasteiger partial charge in [0.15, 0.2) is 0 Å². The molecule has 112 valence electrons. The minimum absolute atomic E-state index is 0.0849. The molecule has 21 heavy (non-hydrogen) atoms. The first-order valence-corrected chi connectivity index (χ1v) is 7.08. The Morgan fingerprint density at radius 3 is 2.76 bits per heavy atom. The Labute approximate surface area is 123 Å². The molecule has 0 bridgehead atoms. The van der Waals surface area contributed by atoms with Gasteiger partial charge in [-0.3, -0.25) is 24.3 Å². The molecule has 0 atom stereocenters. The molecule has 2 rings (SSSR count). The molecule has 0 aliphatic carbocycles. The van der Waals surface area contributed by atoms with Gasteiger partial charge in [0.25, 0.3) is 11.8 Å². The summed E-state index contributed by atoms with van der Waals surface area (Å²) in [6.45, 7) is 4.86. The maximum absolute atomic E-state index is 12.1. The van der Waals surface area contributed by atoms with Crippen LogP contribution in [-0.2, 0) is 4.79 Å². The molecule has 6 heteroatoms. The number of fused-ring (bicyclic) bond motifs is 1. The Morgan fingerprint density at radius 1 is 1.33 bits per heavy atom. The molecule has 0 radical (unpaired) electrons. The van der Waals surface area contributed by atoms with Crippen LogP contribution in [0.4, 0.5) is 0 Å². The number of nitrogens with zero attached hydrogens (tertiary/aromatic N) is 2. The fraction of sp³-hybridized carbons (Fsp3) is 0.467. The molecule has 0 aromatic carbocycles. The van der Waals surface area contributed by atoms with E-state index >= 15 is 0 Å². The van der Waals surface area contributed by atoms with E-state index in [0.29, 0.717) is 18.0 Å². The van der Waals surface area contributed by atoms with Crippen molar-refractivity contribution in [2.45, 2.75) is 26.7 Å². The van der Waals surface area contributed by atoms with Crippen LogP contribution in [0.15, 0.2) is 18.3 Å². The Balaban J connectivity index is 1.86. The smallest absolute Gasteiger partial charge is 0.280 e. The summed E-state index contributed by atoms with van der Waals surface area (Å²) >= 11 is 0. The van der Waals surface area contributed by atoms with Crippen molar-refractivity contribution in [3.63, 3.8) is 0 Å². The summed E-state index contributed by atoms with van der Waals surface area (Å²) in [5, 5.41) is 2.78. The number of imide groups is 1. The Morgan fingerprint density at radius 2 is 2.10 bits per heavy atom. The highest BCUT2D eigenvalue weighted by atomic mass is 16.2. The van der Waals surface area contributed by atoms with Gasteiger partial charge in [0.1, 0.15) is 5.69 Å². The average molecular weight is 289 g/mol. The van der Waals surface area contributed by atoms with Crippen molar-refractivity contribution in [3.05, 3.63) is 29.6 Å². The average Bonchev–Trinajstić information content (AvgIpc) is 2.69. The second kappa shape index (κ2) is 6.47. The minimum atomic E-state index is -0.425. The lowest BCUT2D eigenvalue weighted by atomic mass is 10.1. The van der Waals surface area contributed by atoms with E-state index in [2.05, 4.69) is 24.1 Å². The van der Waals surface area contributed by atoms with Gasteiger partial charge in [0.2, 0.25) is 5.91 Å². The van der Waals surface area contributed by atoms with E-state index in [4.69, 9.17) is 0 Å². The SMILES string of the molecule is CC(C)CCNC(=O)CCN1C(=O)c2cccnc2C1=O. The largest absolute Gasteiger partial charge is 0.356 e. The van der Waals surface area contributed by atoms with Crippen LogP contribution in [0.2, 0.25) is 0 Å². The van der Waals surface area contributed by atoms with Crippen LogP contribution >= 0.6 is 0 Å². The topological polar surface area (TPSA) is 79.4 Å². The van der Waals surface area contributed by atoms with Crippen molar-refractivity contribution >= 4 is 17.7 Å². The number of pyridine rings is 1. The number of hydrogen-bond acceptors (Lipinski definition) is 4. The third kappa shape index (κ3) is 3.45. The van der Waals surface area contributed by atoms with Crippen molar-refractivity contribution in [3.8, 4) is 0 Å². The molecule has 6 nitrogen and oxygen atoms in total.